The van der Waals surface area contributed by atoms with Crippen molar-refractivity contribution in [2.75, 3.05) is 19.7 Å². The van der Waals surface area contributed by atoms with Crippen LogP contribution >= 0.6 is 0 Å². The van der Waals surface area contributed by atoms with E-state index < -0.39 is 29.8 Å². The molecule has 1 aliphatic rings. The lowest BCUT2D eigenvalue weighted by Crippen LogP contribution is -2.49. The van der Waals surface area contributed by atoms with Gasteiger partial charge in [0.2, 0.25) is 0 Å². The predicted molar refractivity (Wildman–Crippen MR) is 61.1 cm³/mol. The molecule has 116 valence electrons. The van der Waals surface area contributed by atoms with Crippen LogP contribution in [0.25, 0.3) is 0 Å². The number of ether oxygens (including phenoxy) is 1. The van der Waals surface area contributed by atoms with Gasteiger partial charge in [0.25, 0.3) is 6.08 Å². The van der Waals surface area contributed by atoms with Crippen LogP contribution in [0.3, 0.4) is 0 Å². The van der Waals surface area contributed by atoms with E-state index in [-0.39, 0.29) is 19.7 Å². The van der Waals surface area contributed by atoms with Crippen molar-refractivity contribution >= 4 is 5.97 Å². The van der Waals surface area contributed by atoms with Gasteiger partial charge >= 0.3 is 12.1 Å². The van der Waals surface area contributed by atoms with E-state index >= 15 is 0 Å². The first-order valence-corrected chi connectivity index (χ1v) is 6.32. The quantitative estimate of drug-likeness (QED) is 0.590. The lowest BCUT2D eigenvalue weighted by molar-refractivity contribution is -0.155. The number of nitrogens with zero attached hydrogens (tertiary/aromatic N) is 1. The number of likely N-dealkylation sites (tertiary alicyclic amines) is 1. The van der Waals surface area contributed by atoms with Crippen LogP contribution < -0.4 is 0 Å². The Morgan fingerprint density at radius 3 is 2.15 bits per heavy atom. The minimum atomic E-state index is -5.27. The molecule has 1 unspecified atom stereocenters. The minimum Gasteiger partial charge on any atom is -0.465 e. The Bertz CT molecular complexity index is 371. The molecule has 1 heterocycles. The smallest absolute Gasteiger partial charge is 0.419 e. The summed E-state index contributed by atoms with van der Waals surface area (Å²) < 4.78 is 68.4. The zero-order valence-electron chi connectivity index (χ0n) is 11.0. The normalized spacial score (nSPS) is 18.5. The average Bonchev–Trinajstić information content (AvgIpc) is 2.35. The highest BCUT2D eigenvalue weighted by Crippen LogP contribution is 2.35. The van der Waals surface area contributed by atoms with Crippen LogP contribution in [0.1, 0.15) is 26.2 Å². The first-order valence-electron chi connectivity index (χ1n) is 6.32. The zero-order chi connectivity index (χ0) is 15.3. The third-order valence-electron chi connectivity index (χ3n) is 3.05. The van der Waals surface area contributed by atoms with Crippen molar-refractivity contribution in [3.8, 4) is 0 Å². The summed E-state index contributed by atoms with van der Waals surface area (Å²) in [5.74, 6) is -1.28. The van der Waals surface area contributed by atoms with E-state index in [1.807, 2.05) is 0 Å². The van der Waals surface area contributed by atoms with Crippen LogP contribution in [0.15, 0.2) is 11.7 Å². The molecule has 0 aromatic rings. The SMILES string of the molecule is CCOC(=O)C(C(=C(F)F)C(F)(F)F)N1CCCCC1. The summed E-state index contributed by atoms with van der Waals surface area (Å²) in [6.07, 6.45) is -6.23. The lowest BCUT2D eigenvalue weighted by atomic mass is 10.0. The highest BCUT2D eigenvalue weighted by Gasteiger charge is 2.48. The van der Waals surface area contributed by atoms with Crippen molar-refractivity contribution in [2.24, 2.45) is 0 Å². The van der Waals surface area contributed by atoms with E-state index in [1.165, 1.54) is 6.92 Å². The standard InChI is InChI=1S/C12H16F5NO2/c1-2-20-11(19)9(18-6-4-3-5-7-18)8(10(13)14)12(15,16)17/h9H,2-7H2,1H3. The van der Waals surface area contributed by atoms with Gasteiger partial charge in [0.1, 0.15) is 11.6 Å². The summed E-state index contributed by atoms with van der Waals surface area (Å²) in [6.45, 7) is 1.57. The van der Waals surface area contributed by atoms with Crippen LogP contribution in [0.4, 0.5) is 22.0 Å². The molecular weight excluding hydrogens is 285 g/mol. The van der Waals surface area contributed by atoms with Crippen LogP contribution in [0.5, 0.6) is 0 Å². The maximum absolute atomic E-state index is 12.8. The maximum atomic E-state index is 12.8. The van der Waals surface area contributed by atoms with Gasteiger partial charge in [-0.2, -0.15) is 22.0 Å². The van der Waals surface area contributed by atoms with Crippen molar-refractivity contribution in [2.45, 2.75) is 38.4 Å². The second-order valence-electron chi connectivity index (χ2n) is 4.42. The topological polar surface area (TPSA) is 29.5 Å². The highest BCUT2D eigenvalue weighted by molar-refractivity contribution is 5.80. The first kappa shape index (κ1) is 16.9. The molecule has 1 fully saturated rings. The van der Waals surface area contributed by atoms with Gasteiger partial charge in [-0.3, -0.25) is 4.90 Å². The monoisotopic (exact) mass is 301 g/mol. The molecule has 1 rings (SSSR count). The fraction of sp³-hybridized carbons (Fsp3) is 0.750. The van der Waals surface area contributed by atoms with Gasteiger partial charge in [-0.1, -0.05) is 6.42 Å². The van der Waals surface area contributed by atoms with E-state index in [0.717, 1.165) is 11.3 Å². The van der Waals surface area contributed by atoms with Gasteiger partial charge < -0.3 is 4.74 Å². The molecule has 1 atom stereocenters. The first-order chi connectivity index (χ1) is 9.29. The van der Waals surface area contributed by atoms with Gasteiger partial charge in [0.15, 0.2) is 0 Å². The van der Waals surface area contributed by atoms with Gasteiger partial charge in [-0.25, -0.2) is 4.79 Å². The van der Waals surface area contributed by atoms with Crippen molar-refractivity contribution < 1.29 is 31.5 Å². The Morgan fingerprint density at radius 1 is 1.20 bits per heavy atom. The Morgan fingerprint density at radius 2 is 1.75 bits per heavy atom. The molecule has 0 amide bonds. The Kier molecular flexibility index (Phi) is 5.91. The zero-order valence-corrected chi connectivity index (χ0v) is 11.0. The van der Waals surface area contributed by atoms with Crippen molar-refractivity contribution in [1.29, 1.82) is 0 Å². The summed E-state index contributed by atoms with van der Waals surface area (Å²) in [7, 11) is 0. The number of halogens is 5. The van der Waals surface area contributed by atoms with Gasteiger partial charge in [0, 0.05) is 0 Å². The number of hydrogen-bond donors (Lipinski definition) is 0. The number of carbonyl (C=O) groups excluding carboxylic acids is 1. The van der Waals surface area contributed by atoms with Gasteiger partial charge in [0.05, 0.1) is 6.61 Å². The van der Waals surface area contributed by atoms with Crippen LogP contribution in [-0.2, 0) is 9.53 Å². The second-order valence-corrected chi connectivity index (χ2v) is 4.42. The molecule has 1 aliphatic heterocycles. The summed E-state index contributed by atoms with van der Waals surface area (Å²) in [5, 5.41) is 0. The Hall–Kier alpha value is -1.18. The molecule has 0 bridgehead atoms. The molecule has 0 saturated carbocycles. The summed E-state index contributed by atoms with van der Waals surface area (Å²) in [5.41, 5.74) is -2.11. The summed E-state index contributed by atoms with van der Waals surface area (Å²) >= 11 is 0. The number of esters is 1. The third-order valence-corrected chi connectivity index (χ3v) is 3.05. The van der Waals surface area contributed by atoms with Crippen LogP contribution in [0.2, 0.25) is 0 Å². The molecule has 3 nitrogen and oxygen atoms in total. The van der Waals surface area contributed by atoms with Gasteiger partial charge in [-0.15, -0.1) is 0 Å². The molecule has 0 spiro atoms. The average molecular weight is 301 g/mol. The van der Waals surface area contributed by atoms with E-state index in [2.05, 4.69) is 4.74 Å². The number of hydrogen-bond acceptors (Lipinski definition) is 3. The highest BCUT2D eigenvalue weighted by atomic mass is 19.4. The Labute approximate surface area is 113 Å². The molecule has 0 radical (unpaired) electrons. The molecule has 0 aromatic heterocycles. The van der Waals surface area contributed by atoms with E-state index in [4.69, 9.17) is 0 Å². The van der Waals surface area contributed by atoms with Crippen molar-refractivity contribution in [1.82, 2.24) is 4.90 Å². The largest absolute Gasteiger partial charge is 0.465 e. The predicted octanol–water partition coefficient (Wildman–Crippen LogP) is 3.12. The molecular formula is C12H16F5NO2. The molecule has 1 saturated heterocycles. The van der Waals surface area contributed by atoms with Crippen LogP contribution in [0, 0.1) is 0 Å². The Balaban J connectivity index is 3.14. The van der Waals surface area contributed by atoms with Crippen LogP contribution in [-0.4, -0.2) is 42.8 Å². The molecule has 8 heteroatoms. The number of carbonyl (C=O) groups is 1. The molecule has 0 aliphatic carbocycles. The number of rotatable bonds is 4. The van der Waals surface area contributed by atoms with E-state index in [9.17, 15) is 26.7 Å². The molecule has 0 N–H and O–H groups in total. The van der Waals surface area contributed by atoms with E-state index in [1.54, 1.807) is 0 Å². The fourth-order valence-corrected chi connectivity index (χ4v) is 2.21. The fourth-order valence-electron chi connectivity index (χ4n) is 2.21. The maximum Gasteiger partial charge on any atom is 0.419 e. The molecule has 0 aromatic carbocycles. The summed E-state index contributed by atoms with van der Waals surface area (Å²) in [4.78, 5) is 12.8. The minimum absolute atomic E-state index is 0.163. The number of piperidine rings is 1. The van der Waals surface area contributed by atoms with Crippen molar-refractivity contribution in [3.63, 3.8) is 0 Å². The number of alkyl halides is 3. The second kappa shape index (κ2) is 7.01. The van der Waals surface area contributed by atoms with Crippen molar-refractivity contribution in [3.05, 3.63) is 11.7 Å². The lowest BCUT2D eigenvalue weighted by Gasteiger charge is -2.34. The van der Waals surface area contributed by atoms with E-state index in [0.29, 0.717) is 12.8 Å². The van der Waals surface area contributed by atoms with Gasteiger partial charge in [-0.05, 0) is 32.9 Å². The molecule has 20 heavy (non-hydrogen) atoms. The third kappa shape index (κ3) is 4.16. The summed E-state index contributed by atoms with van der Waals surface area (Å²) in [6, 6.07) is -2.08.